The van der Waals surface area contributed by atoms with Crippen LogP contribution in [0, 0.1) is 5.82 Å². The van der Waals surface area contributed by atoms with Crippen molar-refractivity contribution in [2.24, 2.45) is 0 Å². The van der Waals surface area contributed by atoms with Gasteiger partial charge in [0.05, 0.1) is 12.2 Å². The second kappa shape index (κ2) is 8.75. The minimum Gasteiger partial charge on any atom is -0.487 e. The van der Waals surface area contributed by atoms with Crippen molar-refractivity contribution in [2.45, 2.75) is 65.8 Å². The van der Waals surface area contributed by atoms with Crippen LogP contribution in [-0.2, 0) is 19.5 Å². The average Bonchev–Trinajstić information content (AvgIpc) is 3.01. The van der Waals surface area contributed by atoms with Gasteiger partial charge in [0.2, 0.25) is 0 Å². The molecule has 1 aliphatic heterocycles. The van der Waals surface area contributed by atoms with Gasteiger partial charge in [-0.1, -0.05) is 18.2 Å². The summed E-state index contributed by atoms with van der Waals surface area (Å²) in [6.07, 6.45) is 2.21. The number of rotatable bonds is 8. The third-order valence-electron chi connectivity index (χ3n) is 4.66. The second-order valence-corrected chi connectivity index (χ2v) is 7.81. The van der Waals surface area contributed by atoms with Gasteiger partial charge in [0.1, 0.15) is 5.82 Å². The molecule has 1 heterocycles. The summed E-state index contributed by atoms with van der Waals surface area (Å²) in [5, 5.41) is 0. The molecule has 0 amide bonds. The van der Waals surface area contributed by atoms with Crippen molar-refractivity contribution < 1.29 is 13.9 Å². The van der Waals surface area contributed by atoms with Crippen molar-refractivity contribution in [1.29, 1.82) is 0 Å². The molecule has 0 bridgehead atoms. The highest BCUT2D eigenvalue weighted by Crippen LogP contribution is 2.31. The first-order chi connectivity index (χ1) is 12.9. The van der Waals surface area contributed by atoms with E-state index in [-0.39, 0.29) is 18.0 Å². The van der Waals surface area contributed by atoms with Gasteiger partial charge in [-0.3, -0.25) is 4.90 Å². The van der Waals surface area contributed by atoms with Crippen molar-refractivity contribution >= 4 is 0 Å². The lowest BCUT2D eigenvalue weighted by atomic mass is 10.1. The van der Waals surface area contributed by atoms with Gasteiger partial charge >= 0.3 is 0 Å². The fourth-order valence-electron chi connectivity index (χ4n) is 3.52. The SMILES string of the molecule is CC(C)Oc1ccc(CCCN2Cc3cccc(F)c3C2)cc1OC(C)C. The van der Waals surface area contributed by atoms with Crippen molar-refractivity contribution in [2.75, 3.05) is 6.54 Å². The number of aryl methyl sites for hydroxylation is 1. The first-order valence-electron chi connectivity index (χ1n) is 9.87. The minimum absolute atomic E-state index is 0.0776. The Morgan fingerprint density at radius 2 is 1.70 bits per heavy atom. The minimum atomic E-state index is -0.0776. The van der Waals surface area contributed by atoms with Gasteiger partial charge in [0, 0.05) is 18.7 Å². The first-order valence-corrected chi connectivity index (χ1v) is 9.87. The van der Waals surface area contributed by atoms with Gasteiger partial charge in [0.25, 0.3) is 0 Å². The van der Waals surface area contributed by atoms with Crippen molar-refractivity contribution in [1.82, 2.24) is 4.90 Å². The van der Waals surface area contributed by atoms with Gasteiger partial charge in [-0.05, 0) is 76.4 Å². The van der Waals surface area contributed by atoms with Gasteiger partial charge in [0.15, 0.2) is 11.5 Å². The Morgan fingerprint density at radius 1 is 0.963 bits per heavy atom. The monoisotopic (exact) mass is 371 g/mol. The van der Waals surface area contributed by atoms with E-state index in [4.69, 9.17) is 9.47 Å². The van der Waals surface area contributed by atoms with Crippen LogP contribution in [0.1, 0.15) is 50.8 Å². The Hall–Kier alpha value is -2.07. The molecule has 0 saturated carbocycles. The van der Waals surface area contributed by atoms with Crippen molar-refractivity contribution in [3.05, 3.63) is 58.9 Å². The van der Waals surface area contributed by atoms with Crippen LogP contribution in [-0.4, -0.2) is 23.7 Å². The smallest absolute Gasteiger partial charge is 0.161 e. The third-order valence-corrected chi connectivity index (χ3v) is 4.66. The maximum Gasteiger partial charge on any atom is 0.161 e. The predicted molar refractivity (Wildman–Crippen MR) is 107 cm³/mol. The van der Waals surface area contributed by atoms with E-state index >= 15 is 0 Å². The molecule has 0 radical (unpaired) electrons. The van der Waals surface area contributed by atoms with E-state index in [1.165, 1.54) is 5.56 Å². The number of hydrogen-bond donors (Lipinski definition) is 0. The quantitative estimate of drug-likeness (QED) is 0.624. The number of nitrogens with zero attached hydrogens (tertiary/aromatic N) is 1. The van der Waals surface area contributed by atoms with Crippen LogP contribution in [0.3, 0.4) is 0 Å². The summed E-state index contributed by atoms with van der Waals surface area (Å²) in [7, 11) is 0. The Morgan fingerprint density at radius 3 is 2.41 bits per heavy atom. The van der Waals surface area contributed by atoms with E-state index in [0.717, 1.165) is 48.6 Å². The van der Waals surface area contributed by atoms with Crippen molar-refractivity contribution in [3.8, 4) is 11.5 Å². The molecule has 4 heteroatoms. The first kappa shape index (κ1) is 19.7. The van der Waals surface area contributed by atoms with E-state index in [2.05, 4.69) is 17.0 Å². The summed E-state index contributed by atoms with van der Waals surface area (Å²) >= 11 is 0. The average molecular weight is 371 g/mol. The molecule has 2 aromatic carbocycles. The van der Waals surface area contributed by atoms with E-state index in [0.29, 0.717) is 6.54 Å². The van der Waals surface area contributed by atoms with Gasteiger partial charge in [-0.25, -0.2) is 4.39 Å². The molecule has 27 heavy (non-hydrogen) atoms. The maximum atomic E-state index is 13.9. The highest BCUT2D eigenvalue weighted by atomic mass is 19.1. The van der Waals surface area contributed by atoms with Crippen LogP contribution < -0.4 is 9.47 Å². The van der Waals surface area contributed by atoms with Crippen LogP contribution in [0.25, 0.3) is 0 Å². The van der Waals surface area contributed by atoms with Crippen LogP contribution in [0.2, 0.25) is 0 Å². The summed E-state index contributed by atoms with van der Waals surface area (Å²) in [6, 6.07) is 11.6. The molecule has 1 aliphatic rings. The molecule has 0 N–H and O–H groups in total. The molecule has 3 nitrogen and oxygen atoms in total. The Labute approximate surface area is 162 Å². The van der Waals surface area contributed by atoms with E-state index in [1.807, 2.05) is 39.8 Å². The van der Waals surface area contributed by atoms with E-state index in [1.54, 1.807) is 12.1 Å². The lowest BCUT2D eigenvalue weighted by Crippen LogP contribution is -2.18. The number of halogens is 1. The fourth-order valence-corrected chi connectivity index (χ4v) is 3.52. The lowest BCUT2D eigenvalue weighted by molar-refractivity contribution is 0.198. The molecule has 0 spiro atoms. The van der Waals surface area contributed by atoms with Crippen LogP contribution in [0.5, 0.6) is 11.5 Å². The molecule has 0 fully saturated rings. The topological polar surface area (TPSA) is 21.7 Å². The second-order valence-electron chi connectivity index (χ2n) is 7.81. The summed E-state index contributed by atoms with van der Waals surface area (Å²) < 4.78 is 25.7. The zero-order chi connectivity index (χ0) is 19.4. The molecule has 3 rings (SSSR count). The summed E-state index contributed by atoms with van der Waals surface area (Å²) in [5.41, 5.74) is 3.22. The number of ether oxygens (including phenoxy) is 2. The van der Waals surface area contributed by atoms with Crippen molar-refractivity contribution in [3.63, 3.8) is 0 Å². The van der Waals surface area contributed by atoms with Gasteiger partial charge in [-0.15, -0.1) is 0 Å². The fraction of sp³-hybridized carbons (Fsp3) is 0.478. The zero-order valence-electron chi connectivity index (χ0n) is 16.8. The summed E-state index contributed by atoms with van der Waals surface area (Å²) in [5.74, 6) is 1.53. The largest absolute Gasteiger partial charge is 0.487 e. The van der Waals surface area contributed by atoms with E-state index < -0.39 is 0 Å². The van der Waals surface area contributed by atoms with E-state index in [9.17, 15) is 4.39 Å². The Kier molecular flexibility index (Phi) is 6.38. The maximum absolute atomic E-state index is 13.9. The van der Waals surface area contributed by atoms with Crippen LogP contribution in [0.4, 0.5) is 4.39 Å². The van der Waals surface area contributed by atoms with Crippen LogP contribution in [0.15, 0.2) is 36.4 Å². The van der Waals surface area contributed by atoms with Gasteiger partial charge < -0.3 is 9.47 Å². The molecule has 0 aromatic heterocycles. The molecule has 146 valence electrons. The highest BCUT2D eigenvalue weighted by Gasteiger charge is 2.21. The molecule has 2 aromatic rings. The molecular weight excluding hydrogens is 341 g/mol. The number of benzene rings is 2. The zero-order valence-corrected chi connectivity index (χ0v) is 16.8. The highest BCUT2D eigenvalue weighted by molar-refractivity contribution is 5.43. The number of fused-ring (bicyclic) bond motifs is 1. The van der Waals surface area contributed by atoms with Crippen LogP contribution >= 0.6 is 0 Å². The predicted octanol–water partition coefficient (Wildman–Crippen LogP) is 5.35. The molecule has 0 unspecified atom stereocenters. The van der Waals surface area contributed by atoms with Gasteiger partial charge in [-0.2, -0.15) is 0 Å². The Balaban J connectivity index is 1.57. The lowest BCUT2D eigenvalue weighted by Gasteiger charge is -2.18. The summed E-state index contributed by atoms with van der Waals surface area (Å²) in [4.78, 5) is 2.31. The molecule has 0 atom stereocenters. The molecular formula is C23H30FNO2. The number of hydrogen-bond acceptors (Lipinski definition) is 3. The molecule has 0 aliphatic carbocycles. The summed E-state index contributed by atoms with van der Waals surface area (Å²) in [6.45, 7) is 10.6. The Bertz CT molecular complexity index is 773. The normalized spacial score (nSPS) is 14.0. The molecule has 0 saturated heterocycles. The third kappa shape index (κ3) is 5.23. The standard InChI is InChI=1S/C23H30FNO2/c1-16(2)26-22-11-10-18(13-23(22)27-17(3)4)7-6-12-25-14-19-8-5-9-21(24)20(19)15-25/h5,8-11,13,16-17H,6-7,12,14-15H2,1-4H3.